The summed E-state index contributed by atoms with van der Waals surface area (Å²) >= 11 is 0. The van der Waals surface area contributed by atoms with E-state index >= 15 is 0 Å². The van der Waals surface area contributed by atoms with Gasteiger partial charge in [0.2, 0.25) is 0 Å². The highest BCUT2D eigenvalue weighted by Gasteiger charge is 2.41. The molecule has 1 aliphatic heterocycles. The molecule has 0 unspecified atom stereocenters. The highest BCUT2D eigenvalue weighted by Crippen LogP contribution is 2.41. The maximum absolute atomic E-state index is 4.77. The van der Waals surface area contributed by atoms with Crippen LogP contribution >= 0.6 is 0 Å². The van der Waals surface area contributed by atoms with Crippen LogP contribution in [0.15, 0.2) is 6.33 Å². The lowest BCUT2D eigenvalue weighted by Crippen LogP contribution is -2.45. The summed E-state index contributed by atoms with van der Waals surface area (Å²) in [6.45, 7) is 6.85. The summed E-state index contributed by atoms with van der Waals surface area (Å²) in [6.07, 6.45) is 9.75. The zero-order valence-electron chi connectivity index (χ0n) is 11.7. The number of nitrogens with zero attached hydrogens (tertiary/aromatic N) is 2. The first-order chi connectivity index (χ1) is 8.71. The largest absolute Gasteiger partial charge is 0.334 e. The van der Waals surface area contributed by atoms with Crippen LogP contribution in [0, 0.1) is 5.92 Å². The first-order valence-electron chi connectivity index (χ1n) is 7.51. The number of imidazole rings is 1. The molecule has 100 valence electrons. The zero-order valence-corrected chi connectivity index (χ0v) is 11.7. The van der Waals surface area contributed by atoms with Gasteiger partial charge in [-0.15, -0.1) is 0 Å². The normalized spacial score (nSPS) is 21.7. The van der Waals surface area contributed by atoms with Crippen molar-refractivity contribution in [1.82, 2.24) is 14.9 Å². The van der Waals surface area contributed by atoms with E-state index in [1.54, 1.807) is 0 Å². The molecule has 3 nitrogen and oxygen atoms in total. The molecule has 1 spiro atoms. The van der Waals surface area contributed by atoms with E-state index in [1.165, 1.54) is 43.5 Å². The van der Waals surface area contributed by atoms with Crippen molar-refractivity contribution in [3.63, 3.8) is 0 Å². The third-order valence-electron chi connectivity index (χ3n) is 4.63. The molecule has 0 radical (unpaired) electrons. The second-order valence-electron chi connectivity index (χ2n) is 6.38. The van der Waals surface area contributed by atoms with Gasteiger partial charge in [0.25, 0.3) is 0 Å². The highest BCUT2D eigenvalue weighted by atomic mass is 15.1. The Balaban J connectivity index is 1.86. The van der Waals surface area contributed by atoms with Crippen molar-refractivity contribution in [3.8, 4) is 0 Å². The molecule has 0 bridgehead atoms. The van der Waals surface area contributed by atoms with E-state index in [0.29, 0.717) is 0 Å². The molecule has 1 aromatic rings. The highest BCUT2D eigenvalue weighted by molar-refractivity contribution is 5.27. The fourth-order valence-electron chi connectivity index (χ4n) is 3.56. The monoisotopic (exact) mass is 247 g/mol. The third-order valence-corrected chi connectivity index (χ3v) is 4.63. The molecule has 2 aliphatic rings. The van der Waals surface area contributed by atoms with Gasteiger partial charge in [0.05, 0.1) is 17.6 Å². The van der Waals surface area contributed by atoms with Crippen LogP contribution in [-0.2, 0) is 18.5 Å². The molecule has 18 heavy (non-hydrogen) atoms. The van der Waals surface area contributed by atoms with Crippen LogP contribution in [0.1, 0.15) is 57.3 Å². The number of aromatic nitrogens is 2. The number of hydrogen-bond acceptors (Lipinski definition) is 2. The smallest absolute Gasteiger partial charge is 0.0952 e. The first kappa shape index (κ1) is 12.2. The van der Waals surface area contributed by atoms with Crippen LogP contribution in [-0.4, -0.2) is 16.1 Å². The molecule has 0 amide bonds. The second kappa shape index (κ2) is 4.69. The number of aryl methyl sites for hydroxylation is 1. The number of nitrogens with one attached hydrogen (secondary N) is 1. The molecule has 1 fully saturated rings. The van der Waals surface area contributed by atoms with Gasteiger partial charge in [0.15, 0.2) is 0 Å². The van der Waals surface area contributed by atoms with Crippen LogP contribution < -0.4 is 5.32 Å². The number of fused-ring (bicyclic) bond motifs is 2. The summed E-state index contributed by atoms with van der Waals surface area (Å²) in [5.41, 5.74) is 3.11. The van der Waals surface area contributed by atoms with Crippen LogP contribution in [0.4, 0.5) is 0 Å². The molecular formula is C15H25N3. The Bertz CT molecular complexity index is 413. The molecule has 0 atom stereocenters. The lowest BCUT2D eigenvalue weighted by Gasteiger charge is -2.34. The molecule has 1 saturated carbocycles. The number of hydrogen-bond donors (Lipinski definition) is 1. The average Bonchev–Trinajstić information content (AvgIpc) is 2.95. The van der Waals surface area contributed by atoms with Gasteiger partial charge < -0.3 is 9.88 Å². The van der Waals surface area contributed by atoms with E-state index in [0.717, 1.165) is 25.4 Å². The van der Waals surface area contributed by atoms with Crippen molar-refractivity contribution in [2.45, 2.75) is 64.5 Å². The molecule has 2 heterocycles. The topological polar surface area (TPSA) is 29.9 Å². The molecule has 1 aliphatic carbocycles. The van der Waals surface area contributed by atoms with E-state index in [-0.39, 0.29) is 5.54 Å². The van der Waals surface area contributed by atoms with E-state index < -0.39 is 0 Å². The molecule has 3 rings (SSSR count). The van der Waals surface area contributed by atoms with Crippen molar-refractivity contribution in [2.75, 3.05) is 6.54 Å². The summed E-state index contributed by atoms with van der Waals surface area (Å²) in [5, 5.41) is 3.75. The van der Waals surface area contributed by atoms with Gasteiger partial charge in [-0.3, -0.25) is 0 Å². The van der Waals surface area contributed by atoms with Gasteiger partial charge in [-0.2, -0.15) is 0 Å². The van der Waals surface area contributed by atoms with Crippen LogP contribution in [0.3, 0.4) is 0 Å². The van der Waals surface area contributed by atoms with Crippen LogP contribution in [0.5, 0.6) is 0 Å². The summed E-state index contributed by atoms with van der Waals surface area (Å²) < 4.78 is 2.41. The maximum Gasteiger partial charge on any atom is 0.0952 e. The minimum absolute atomic E-state index is 0.233. The fourth-order valence-corrected chi connectivity index (χ4v) is 3.56. The van der Waals surface area contributed by atoms with Crippen molar-refractivity contribution < 1.29 is 0 Å². The average molecular weight is 247 g/mol. The minimum atomic E-state index is 0.233. The van der Waals surface area contributed by atoms with E-state index in [4.69, 9.17) is 4.98 Å². The van der Waals surface area contributed by atoms with Gasteiger partial charge in [-0.25, -0.2) is 4.98 Å². The summed E-state index contributed by atoms with van der Waals surface area (Å²) in [5.74, 6) is 0.769. The van der Waals surface area contributed by atoms with Crippen LogP contribution in [0.25, 0.3) is 0 Å². The van der Waals surface area contributed by atoms with Crippen molar-refractivity contribution in [3.05, 3.63) is 17.7 Å². The quantitative estimate of drug-likeness (QED) is 0.890. The van der Waals surface area contributed by atoms with Gasteiger partial charge in [0, 0.05) is 25.2 Å². The van der Waals surface area contributed by atoms with E-state index in [1.807, 2.05) is 0 Å². The maximum atomic E-state index is 4.77. The molecule has 0 saturated heterocycles. The Morgan fingerprint density at radius 1 is 1.39 bits per heavy atom. The van der Waals surface area contributed by atoms with E-state index in [9.17, 15) is 0 Å². The SMILES string of the molecule is CC(C)CCn1cnc2c1CCNC21CCCC1. The minimum Gasteiger partial charge on any atom is -0.334 e. The summed E-state index contributed by atoms with van der Waals surface area (Å²) in [6, 6.07) is 0. The first-order valence-corrected chi connectivity index (χ1v) is 7.51. The van der Waals surface area contributed by atoms with Gasteiger partial charge in [-0.05, 0) is 25.2 Å². The van der Waals surface area contributed by atoms with Gasteiger partial charge in [0.1, 0.15) is 0 Å². The lowest BCUT2D eigenvalue weighted by atomic mass is 9.88. The molecule has 0 aromatic carbocycles. The predicted molar refractivity (Wildman–Crippen MR) is 73.5 cm³/mol. The van der Waals surface area contributed by atoms with Crippen molar-refractivity contribution in [2.24, 2.45) is 5.92 Å². The predicted octanol–water partition coefficient (Wildman–Crippen LogP) is 2.84. The Hall–Kier alpha value is -0.830. The zero-order chi connectivity index (χ0) is 12.6. The Morgan fingerprint density at radius 2 is 2.17 bits per heavy atom. The van der Waals surface area contributed by atoms with E-state index in [2.05, 4.69) is 30.1 Å². The van der Waals surface area contributed by atoms with Crippen LogP contribution in [0.2, 0.25) is 0 Å². The molecular weight excluding hydrogens is 222 g/mol. The summed E-state index contributed by atoms with van der Waals surface area (Å²) in [4.78, 5) is 4.77. The Labute approximate surface area is 110 Å². The lowest BCUT2D eigenvalue weighted by molar-refractivity contribution is 0.311. The number of rotatable bonds is 3. The van der Waals surface area contributed by atoms with Crippen molar-refractivity contribution >= 4 is 0 Å². The second-order valence-corrected chi connectivity index (χ2v) is 6.38. The van der Waals surface area contributed by atoms with Crippen molar-refractivity contribution in [1.29, 1.82) is 0 Å². The Morgan fingerprint density at radius 3 is 2.89 bits per heavy atom. The molecule has 3 heteroatoms. The summed E-state index contributed by atoms with van der Waals surface area (Å²) in [7, 11) is 0. The standard InChI is InChI=1S/C15H25N3/c1-12(2)6-10-18-11-16-14-13(18)5-9-17-15(14)7-3-4-8-15/h11-12,17H,3-10H2,1-2H3. The fraction of sp³-hybridized carbons (Fsp3) is 0.800. The molecule has 1 aromatic heterocycles. The molecule has 1 N–H and O–H groups in total. The Kier molecular flexibility index (Phi) is 3.18. The third kappa shape index (κ3) is 1.99. The van der Waals surface area contributed by atoms with Gasteiger partial charge >= 0.3 is 0 Å². The van der Waals surface area contributed by atoms with Gasteiger partial charge in [-0.1, -0.05) is 26.7 Å².